The SMILES string of the molecule is CC[N+]1(C)CCC2C(C1)c1cc(C)ccc1N2C(=O)c1ccccc1Cl. The molecule has 2 aromatic rings. The molecule has 2 aliphatic rings. The highest BCUT2D eigenvalue weighted by Gasteiger charge is 2.48. The molecule has 0 aliphatic carbocycles. The van der Waals surface area contributed by atoms with Crippen molar-refractivity contribution in [3.63, 3.8) is 0 Å². The Kier molecular flexibility index (Phi) is 4.32. The Hall–Kier alpha value is -1.84. The Labute approximate surface area is 160 Å². The van der Waals surface area contributed by atoms with E-state index in [1.54, 1.807) is 6.07 Å². The van der Waals surface area contributed by atoms with E-state index in [-0.39, 0.29) is 11.9 Å². The number of carbonyl (C=O) groups excluding carboxylic acids is 1. The van der Waals surface area contributed by atoms with Crippen LogP contribution in [0.15, 0.2) is 42.5 Å². The van der Waals surface area contributed by atoms with Crippen molar-refractivity contribution in [3.8, 4) is 0 Å². The minimum Gasteiger partial charge on any atom is -0.326 e. The highest BCUT2D eigenvalue weighted by atomic mass is 35.5. The average Bonchev–Trinajstić information content (AvgIpc) is 2.94. The van der Waals surface area contributed by atoms with Crippen molar-refractivity contribution in [1.29, 1.82) is 0 Å². The summed E-state index contributed by atoms with van der Waals surface area (Å²) in [6, 6.07) is 14.1. The van der Waals surface area contributed by atoms with E-state index in [0.717, 1.165) is 36.2 Å². The van der Waals surface area contributed by atoms with Crippen molar-refractivity contribution < 1.29 is 9.28 Å². The second-order valence-corrected chi connectivity index (χ2v) is 8.43. The van der Waals surface area contributed by atoms with Crippen molar-refractivity contribution in [2.24, 2.45) is 0 Å². The zero-order valence-electron chi connectivity index (χ0n) is 15.7. The van der Waals surface area contributed by atoms with Crippen LogP contribution < -0.4 is 4.90 Å². The van der Waals surface area contributed by atoms with Gasteiger partial charge in [-0.3, -0.25) is 4.79 Å². The molecule has 0 radical (unpaired) electrons. The molecule has 2 heterocycles. The van der Waals surface area contributed by atoms with Gasteiger partial charge in [-0.2, -0.15) is 0 Å². The van der Waals surface area contributed by atoms with Gasteiger partial charge in [0.2, 0.25) is 0 Å². The molecular formula is C22H26ClN2O+. The molecule has 4 rings (SSSR count). The van der Waals surface area contributed by atoms with Gasteiger partial charge >= 0.3 is 0 Å². The molecule has 136 valence electrons. The first kappa shape index (κ1) is 17.6. The second kappa shape index (κ2) is 6.40. The number of halogens is 1. The maximum Gasteiger partial charge on any atom is 0.260 e. The number of amides is 1. The molecule has 0 N–H and O–H groups in total. The average molecular weight is 370 g/mol. The van der Waals surface area contributed by atoms with E-state index in [9.17, 15) is 4.79 Å². The maximum absolute atomic E-state index is 13.4. The standard InChI is InChI=1S/C22H26ClN2O/c1-4-25(3)12-11-21-18(14-25)17-13-15(2)9-10-20(17)24(21)22(26)16-7-5-6-8-19(16)23/h5-10,13,18,21H,4,11-12,14H2,1-3H3/q+1. The fourth-order valence-electron chi connectivity index (χ4n) is 4.63. The van der Waals surface area contributed by atoms with Crippen LogP contribution in [0.4, 0.5) is 5.69 Å². The summed E-state index contributed by atoms with van der Waals surface area (Å²) < 4.78 is 1.07. The Bertz CT molecular complexity index is 865. The first-order valence-electron chi connectivity index (χ1n) is 9.46. The Morgan fingerprint density at radius 2 is 2.04 bits per heavy atom. The predicted octanol–water partition coefficient (Wildman–Crippen LogP) is 4.63. The van der Waals surface area contributed by atoms with Crippen LogP contribution in [0, 0.1) is 6.92 Å². The van der Waals surface area contributed by atoms with Crippen LogP contribution >= 0.6 is 11.6 Å². The number of quaternary nitrogens is 1. The van der Waals surface area contributed by atoms with Gasteiger partial charge in [0.05, 0.1) is 49.2 Å². The number of carbonyl (C=O) groups is 1. The Morgan fingerprint density at radius 1 is 1.27 bits per heavy atom. The number of aryl methyl sites for hydroxylation is 1. The van der Waals surface area contributed by atoms with Crippen molar-refractivity contribution in [1.82, 2.24) is 0 Å². The summed E-state index contributed by atoms with van der Waals surface area (Å²) in [5, 5.41) is 0.527. The third-order valence-corrected chi connectivity index (χ3v) is 6.66. The van der Waals surface area contributed by atoms with Crippen LogP contribution in [0.3, 0.4) is 0 Å². The maximum atomic E-state index is 13.4. The number of hydrogen-bond acceptors (Lipinski definition) is 1. The second-order valence-electron chi connectivity index (χ2n) is 8.02. The van der Waals surface area contributed by atoms with Crippen molar-refractivity contribution in [2.45, 2.75) is 32.2 Å². The number of rotatable bonds is 2. The van der Waals surface area contributed by atoms with Gasteiger partial charge in [0, 0.05) is 12.1 Å². The summed E-state index contributed by atoms with van der Waals surface area (Å²) in [4.78, 5) is 15.5. The molecule has 1 saturated heterocycles. The number of piperidine rings is 1. The van der Waals surface area contributed by atoms with Gasteiger partial charge in [-0.1, -0.05) is 41.4 Å². The minimum atomic E-state index is 0.0285. The lowest BCUT2D eigenvalue weighted by Crippen LogP contribution is -2.56. The molecule has 3 atom stereocenters. The summed E-state index contributed by atoms with van der Waals surface area (Å²) in [6.45, 7) is 7.72. The van der Waals surface area contributed by atoms with Crippen LogP contribution in [-0.2, 0) is 0 Å². The molecular weight excluding hydrogens is 344 g/mol. The van der Waals surface area contributed by atoms with Gasteiger partial charge in [-0.25, -0.2) is 0 Å². The summed E-state index contributed by atoms with van der Waals surface area (Å²) in [6.07, 6.45) is 1.03. The number of benzene rings is 2. The summed E-state index contributed by atoms with van der Waals surface area (Å²) in [5.41, 5.74) is 4.25. The number of likely N-dealkylation sites (tertiary alicyclic amines) is 1. The zero-order chi connectivity index (χ0) is 18.5. The van der Waals surface area contributed by atoms with E-state index in [4.69, 9.17) is 11.6 Å². The van der Waals surface area contributed by atoms with Crippen molar-refractivity contribution in [2.75, 3.05) is 31.6 Å². The lowest BCUT2D eigenvalue weighted by molar-refractivity contribution is -0.913. The van der Waals surface area contributed by atoms with E-state index in [0.29, 0.717) is 16.5 Å². The fraction of sp³-hybridized carbons (Fsp3) is 0.409. The first-order valence-corrected chi connectivity index (χ1v) is 9.83. The molecule has 1 amide bonds. The Balaban J connectivity index is 1.79. The molecule has 2 aliphatic heterocycles. The molecule has 0 aromatic heterocycles. The number of hydrogen-bond donors (Lipinski definition) is 0. The molecule has 26 heavy (non-hydrogen) atoms. The van der Waals surface area contributed by atoms with Gasteiger partial charge < -0.3 is 9.38 Å². The number of likely N-dealkylation sites (N-methyl/N-ethyl adjacent to an activating group) is 1. The topological polar surface area (TPSA) is 20.3 Å². The molecule has 3 nitrogen and oxygen atoms in total. The third kappa shape index (κ3) is 2.74. The summed E-state index contributed by atoms with van der Waals surface area (Å²) in [5.74, 6) is 0.427. The quantitative estimate of drug-likeness (QED) is 0.706. The molecule has 0 saturated carbocycles. The summed E-state index contributed by atoms with van der Waals surface area (Å²) in [7, 11) is 2.34. The minimum absolute atomic E-state index is 0.0285. The van der Waals surface area contributed by atoms with E-state index in [2.05, 4.69) is 39.1 Å². The molecule has 0 bridgehead atoms. The first-order chi connectivity index (χ1) is 12.4. The van der Waals surface area contributed by atoms with Crippen molar-refractivity contribution >= 4 is 23.2 Å². The normalized spacial score (nSPS) is 27.2. The zero-order valence-corrected chi connectivity index (χ0v) is 16.5. The van der Waals surface area contributed by atoms with E-state index in [1.165, 1.54) is 11.1 Å². The highest BCUT2D eigenvalue weighted by molar-refractivity contribution is 6.34. The van der Waals surface area contributed by atoms with Crippen LogP contribution in [0.2, 0.25) is 5.02 Å². The van der Waals surface area contributed by atoms with E-state index < -0.39 is 0 Å². The van der Waals surface area contributed by atoms with E-state index >= 15 is 0 Å². The highest BCUT2D eigenvalue weighted by Crippen LogP contribution is 2.47. The van der Waals surface area contributed by atoms with Gasteiger partial charge in [0.1, 0.15) is 0 Å². The van der Waals surface area contributed by atoms with Crippen LogP contribution in [0.25, 0.3) is 0 Å². The van der Waals surface area contributed by atoms with Gasteiger partial charge in [0.15, 0.2) is 0 Å². The largest absolute Gasteiger partial charge is 0.326 e. The van der Waals surface area contributed by atoms with Gasteiger partial charge in [-0.15, -0.1) is 0 Å². The van der Waals surface area contributed by atoms with Crippen LogP contribution in [0.1, 0.15) is 40.7 Å². The van der Waals surface area contributed by atoms with Crippen LogP contribution in [-0.4, -0.2) is 43.1 Å². The van der Waals surface area contributed by atoms with Crippen LogP contribution in [0.5, 0.6) is 0 Å². The molecule has 0 spiro atoms. The number of anilines is 1. The molecule has 2 aromatic carbocycles. The lowest BCUT2D eigenvalue weighted by Gasteiger charge is -2.43. The summed E-state index contributed by atoms with van der Waals surface area (Å²) >= 11 is 6.34. The van der Waals surface area contributed by atoms with E-state index in [1.807, 2.05) is 23.1 Å². The lowest BCUT2D eigenvalue weighted by atomic mass is 9.87. The predicted molar refractivity (Wildman–Crippen MR) is 107 cm³/mol. The monoisotopic (exact) mass is 369 g/mol. The Morgan fingerprint density at radius 3 is 2.77 bits per heavy atom. The molecule has 3 unspecified atom stereocenters. The number of fused-ring (bicyclic) bond motifs is 3. The molecule has 4 heteroatoms. The third-order valence-electron chi connectivity index (χ3n) is 6.33. The molecule has 1 fully saturated rings. The smallest absolute Gasteiger partial charge is 0.260 e. The van der Waals surface area contributed by atoms with Crippen molar-refractivity contribution in [3.05, 3.63) is 64.2 Å². The fourth-order valence-corrected chi connectivity index (χ4v) is 4.84. The number of nitrogens with zero attached hydrogens (tertiary/aromatic N) is 2. The van der Waals surface area contributed by atoms with Gasteiger partial charge in [-0.05, 0) is 37.6 Å². The van der Waals surface area contributed by atoms with Gasteiger partial charge in [0.25, 0.3) is 5.91 Å².